The Morgan fingerprint density at radius 3 is 2.45 bits per heavy atom. The lowest BCUT2D eigenvalue weighted by Gasteiger charge is -2.06. The molecule has 4 aromatic rings. The van der Waals surface area contributed by atoms with Gasteiger partial charge in [0.05, 0.1) is 11.4 Å². The Bertz CT molecular complexity index is 1180. The standard InChI is InChI=1S/C20H17BrN6OS/c1-11-8-12(2)10-16(9-11)27-13(3)17(24-26-27)18-22-20(29-25-18)23-19(28)14-4-6-15(21)7-5-14/h4-10H,1-3H3,(H,22,23,25,28). The molecule has 29 heavy (non-hydrogen) atoms. The van der Waals surface area contributed by atoms with Gasteiger partial charge in [0.1, 0.15) is 0 Å². The molecule has 7 nitrogen and oxygen atoms in total. The van der Waals surface area contributed by atoms with Crippen molar-refractivity contribution < 1.29 is 4.79 Å². The van der Waals surface area contributed by atoms with Gasteiger partial charge in [0.25, 0.3) is 5.91 Å². The van der Waals surface area contributed by atoms with Gasteiger partial charge in [0.15, 0.2) is 11.5 Å². The molecule has 0 unspecified atom stereocenters. The summed E-state index contributed by atoms with van der Waals surface area (Å²) in [6.07, 6.45) is 0. The van der Waals surface area contributed by atoms with Crippen molar-refractivity contribution in [2.45, 2.75) is 20.8 Å². The highest BCUT2D eigenvalue weighted by Gasteiger charge is 2.18. The Morgan fingerprint density at radius 1 is 1.07 bits per heavy atom. The van der Waals surface area contributed by atoms with Crippen molar-refractivity contribution in [2.24, 2.45) is 0 Å². The van der Waals surface area contributed by atoms with E-state index in [4.69, 9.17) is 0 Å². The maximum atomic E-state index is 12.4. The van der Waals surface area contributed by atoms with Gasteiger partial charge >= 0.3 is 0 Å². The van der Waals surface area contributed by atoms with E-state index in [1.807, 2.05) is 32.9 Å². The van der Waals surface area contributed by atoms with E-state index in [1.165, 1.54) is 0 Å². The number of anilines is 1. The second-order valence-corrected chi connectivity index (χ2v) is 8.33. The predicted octanol–water partition coefficient (Wildman–Crippen LogP) is 4.73. The number of amides is 1. The highest BCUT2D eigenvalue weighted by molar-refractivity contribution is 9.10. The van der Waals surface area contributed by atoms with Crippen molar-refractivity contribution in [3.8, 4) is 17.2 Å². The largest absolute Gasteiger partial charge is 0.297 e. The molecule has 0 spiro atoms. The summed E-state index contributed by atoms with van der Waals surface area (Å²) in [6, 6.07) is 13.3. The first kappa shape index (κ1) is 19.4. The highest BCUT2D eigenvalue weighted by Crippen LogP contribution is 2.25. The van der Waals surface area contributed by atoms with Crippen molar-refractivity contribution in [3.63, 3.8) is 0 Å². The van der Waals surface area contributed by atoms with Gasteiger partial charge in [-0.3, -0.25) is 10.1 Å². The Hall–Kier alpha value is -2.91. The third-order valence-electron chi connectivity index (χ3n) is 4.31. The molecule has 0 aliphatic carbocycles. The molecule has 0 aliphatic rings. The van der Waals surface area contributed by atoms with E-state index < -0.39 is 0 Å². The molecule has 4 rings (SSSR count). The number of aromatic nitrogens is 5. The van der Waals surface area contributed by atoms with Gasteiger partial charge < -0.3 is 0 Å². The van der Waals surface area contributed by atoms with Crippen LogP contribution in [0.2, 0.25) is 0 Å². The van der Waals surface area contributed by atoms with Crippen LogP contribution in [0.1, 0.15) is 27.2 Å². The molecule has 1 amide bonds. The summed E-state index contributed by atoms with van der Waals surface area (Å²) in [7, 11) is 0. The Labute approximate surface area is 180 Å². The Kier molecular flexibility index (Phi) is 5.25. The highest BCUT2D eigenvalue weighted by atomic mass is 79.9. The zero-order chi connectivity index (χ0) is 20.5. The summed E-state index contributed by atoms with van der Waals surface area (Å²) >= 11 is 4.47. The summed E-state index contributed by atoms with van der Waals surface area (Å²) in [6.45, 7) is 6.02. The first-order valence-electron chi connectivity index (χ1n) is 8.82. The first-order chi connectivity index (χ1) is 13.9. The molecule has 0 atom stereocenters. The second kappa shape index (κ2) is 7.84. The maximum absolute atomic E-state index is 12.4. The third-order valence-corrected chi connectivity index (χ3v) is 5.47. The van der Waals surface area contributed by atoms with E-state index in [-0.39, 0.29) is 5.91 Å². The van der Waals surface area contributed by atoms with Crippen molar-refractivity contribution in [2.75, 3.05) is 5.32 Å². The van der Waals surface area contributed by atoms with Crippen LogP contribution >= 0.6 is 27.5 Å². The molecule has 1 N–H and O–H groups in total. The fourth-order valence-corrected chi connectivity index (χ4v) is 3.83. The molecule has 2 aromatic heterocycles. The van der Waals surface area contributed by atoms with Crippen LogP contribution in [0, 0.1) is 20.8 Å². The van der Waals surface area contributed by atoms with Crippen molar-refractivity contribution in [1.82, 2.24) is 24.4 Å². The number of nitrogens with zero attached hydrogens (tertiary/aromatic N) is 5. The quantitative estimate of drug-likeness (QED) is 0.467. The number of carbonyl (C=O) groups is 1. The molecule has 0 saturated carbocycles. The fourth-order valence-electron chi connectivity index (χ4n) is 2.99. The number of nitrogens with one attached hydrogen (secondary N) is 1. The summed E-state index contributed by atoms with van der Waals surface area (Å²) in [5.74, 6) is 0.199. The smallest absolute Gasteiger partial charge is 0.257 e. The summed E-state index contributed by atoms with van der Waals surface area (Å²) in [4.78, 5) is 16.8. The Morgan fingerprint density at radius 2 is 1.76 bits per heavy atom. The normalized spacial score (nSPS) is 10.9. The van der Waals surface area contributed by atoms with E-state index in [0.29, 0.717) is 22.2 Å². The molecular formula is C20H17BrN6OS. The topological polar surface area (TPSA) is 85.6 Å². The lowest BCUT2D eigenvalue weighted by molar-refractivity contribution is 0.102. The van der Waals surface area contributed by atoms with E-state index in [1.54, 1.807) is 16.8 Å². The third kappa shape index (κ3) is 4.10. The molecule has 0 saturated heterocycles. The maximum Gasteiger partial charge on any atom is 0.257 e. The van der Waals surface area contributed by atoms with Crippen molar-refractivity contribution in [1.29, 1.82) is 0 Å². The van der Waals surface area contributed by atoms with Crippen molar-refractivity contribution in [3.05, 3.63) is 69.3 Å². The van der Waals surface area contributed by atoms with Crippen LogP contribution in [0.5, 0.6) is 0 Å². The summed E-state index contributed by atoms with van der Waals surface area (Å²) < 4.78 is 7.03. The number of carbonyl (C=O) groups excluding carboxylic acids is 1. The molecule has 0 radical (unpaired) electrons. The van der Waals surface area contributed by atoms with Crippen LogP contribution in [0.15, 0.2) is 46.9 Å². The number of benzene rings is 2. The number of hydrogen-bond acceptors (Lipinski definition) is 6. The van der Waals surface area contributed by atoms with Crippen LogP contribution in [-0.4, -0.2) is 30.3 Å². The molecule has 2 heterocycles. The Balaban J connectivity index is 1.58. The minimum atomic E-state index is -0.240. The van der Waals surface area contributed by atoms with Crippen LogP contribution in [-0.2, 0) is 0 Å². The number of aryl methyl sites for hydroxylation is 2. The molecule has 0 fully saturated rings. The molecule has 2 aromatic carbocycles. The van der Waals surface area contributed by atoms with Crippen LogP contribution in [0.25, 0.3) is 17.2 Å². The van der Waals surface area contributed by atoms with Gasteiger partial charge in [-0.05, 0) is 68.3 Å². The van der Waals surface area contributed by atoms with Crippen LogP contribution in [0.4, 0.5) is 5.13 Å². The summed E-state index contributed by atoms with van der Waals surface area (Å²) in [5.41, 5.74) is 5.21. The zero-order valence-electron chi connectivity index (χ0n) is 16.0. The fraction of sp³-hybridized carbons (Fsp3) is 0.150. The lowest BCUT2D eigenvalue weighted by atomic mass is 10.1. The van der Waals surface area contributed by atoms with Gasteiger partial charge in [0.2, 0.25) is 5.13 Å². The van der Waals surface area contributed by atoms with Gasteiger partial charge in [-0.2, -0.15) is 9.36 Å². The van der Waals surface area contributed by atoms with E-state index in [0.717, 1.165) is 38.5 Å². The number of hydrogen-bond donors (Lipinski definition) is 1. The molecule has 9 heteroatoms. The van der Waals surface area contributed by atoms with Crippen LogP contribution in [0.3, 0.4) is 0 Å². The minimum Gasteiger partial charge on any atom is -0.297 e. The van der Waals surface area contributed by atoms with Gasteiger partial charge in [-0.15, -0.1) is 5.10 Å². The van der Waals surface area contributed by atoms with E-state index in [2.05, 4.69) is 59.1 Å². The predicted molar refractivity (Wildman–Crippen MR) is 117 cm³/mol. The first-order valence-corrected chi connectivity index (χ1v) is 10.4. The average Bonchev–Trinajstić information content (AvgIpc) is 3.27. The zero-order valence-corrected chi connectivity index (χ0v) is 18.4. The average molecular weight is 469 g/mol. The van der Waals surface area contributed by atoms with Gasteiger partial charge in [-0.1, -0.05) is 27.2 Å². The second-order valence-electron chi connectivity index (χ2n) is 6.67. The molecule has 146 valence electrons. The molecule has 0 bridgehead atoms. The van der Waals surface area contributed by atoms with E-state index >= 15 is 0 Å². The monoisotopic (exact) mass is 468 g/mol. The number of rotatable bonds is 4. The molecule has 0 aliphatic heterocycles. The molecular weight excluding hydrogens is 452 g/mol. The lowest BCUT2D eigenvalue weighted by Crippen LogP contribution is -2.11. The van der Waals surface area contributed by atoms with Gasteiger partial charge in [0, 0.05) is 21.6 Å². The van der Waals surface area contributed by atoms with Crippen LogP contribution < -0.4 is 5.32 Å². The van der Waals surface area contributed by atoms with Crippen molar-refractivity contribution >= 4 is 38.5 Å². The SMILES string of the molecule is Cc1cc(C)cc(-n2nnc(-c3nsc(NC(=O)c4ccc(Br)cc4)n3)c2C)c1. The minimum absolute atomic E-state index is 0.240. The summed E-state index contributed by atoms with van der Waals surface area (Å²) in [5, 5.41) is 11.7. The van der Waals surface area contributed by atoms with E-state index in [9.17, 15) is 4.79 Å². The van der Waals surface area contributed by atoms with Gasteiger partial charge in [-0.25, -0.2) is 4.68 Å². The number of halogens is 1.